The Labute approximate surface area is 158 Å². The van der Waals surface area contributed by atoms with E-state index < -0.39 is 0 Å². The summed E-state index contributed by atoms with van der Waals surface area (Å²) in [6.45, 7) is 5.93. The second-order valence-corrected chi connectivity index (χ2v) is 7.22. The lowest BCUT2D eigenvalue weighted by Gasteiger charge is -2.12. The molecule has 7 heteroatoms. The van der Waals surface area contributed by atoms with Crippen molar-refractivity contribution in [1.82, 2.24) is 24.5 Å². The Morgan fingerprint density at radius 1 is 1.15 bits per heavy atom. The van der Waals surface area contributed by atoms with Gasteiger partial charge in [0.1, 0.15) is 0 Å². The van der Waals surface area contributed by atoms with Gasteiger partial charge in [0.2, 0.25) is 0 Å². The van der Waals surface area contributed by atoms with E-state index in [1.165, 1.54) is 12.8 Å². The molecule has 4 rings (SSSR count). The van der Waals surface area contributed by atoms with Crippen LogP contribution in [0, 0.1) is 20.8 Å². The van der Waals surface area contributed by atoms with E-state index in [1.807, 2.05) is 37.6 Å². The number of aryl methyl sites for hydroxylation is 2. The van der Waals surface area contributed by atoms with E-state index in [1.54, 1.807) is 23.1 Å². The Morgan fingerprint density at radius 3 is 2.56 bits per heavy atom. The fraction of sp³-hybridized carbons (Fsp3) is 0.400. The highest BCUT2D eigenvalue weighted by atomic mass is 16.1. The molecular weight excluding hydrogens is 340 g/mol. The van der Waals surface area contributed by atoms with Crippen molar-refractivity contribution in [2.24, 2.45) is 0 Å². The van der Waals surface area contributed by atoms with E-state index >= 15 is 0 Å². The highest BCUT2D eigenvalue weighted by molar-refractivity contribution is 6.04. The number of nitrogens with zero attached hydrogens (tertiary/aromatic N) is 5. The van der Waals surface area contributed by atoms with Gasteiger partial charge in [-0.05, 0) is 51.8 Å². The maximum atomic E-state index is 12.6. The molecule has 0 saturated heterocycles. The Kier molecular flexibility index (Phi) is 4.51. The Hall–Kier alpha value is -2.96. The van der Waals surface area contributed by atoms with Crippen molar-refractivity contribution in [2.45, 2.75) is 52.5 Å². The van der Waals surface area contributed by atoms with Crippen LogP contribution < -0.4 is 5.32 Å². The topological polar surface area (TPSA) is 77.6 Å². The molecule has 0 aromatic carbocycles. The van der Waals surface area contributed by atoms with Gasteiger partial charge in [-0.2, -0.15) is 10.2 Å². The molecule has 1 N–H and O–H groups in total. The van der Waals surface area contributed by atoms with Crippen LogP contribution in [0.1, 0.15) is 59.2 Å². The molecule has 0 aliphatic heterocycles. The summed E-state index contributed by atoms with van der Waals surface area (Å²) >= 11 is 0. The number of carbonyl (C=O) groups is 1. The average Bonchev–Trinajstić information content (AvgIpc) is 3.37. The molecule has 1 aliphatic carbocycles. The number of rotatable bonds is 4. The summed E-state index contributed by atoms with van der Waals surface area (Å²) < 4.78 is 3.82. The first-order valence-corrected chi connectivity index (χ1v) is 9.38. The van der Waals surface area contributed by atoms with Crippen molar-refractivity contribution in [3.05, 3.63) is 53.2 Å². The Bertz CT molecular complexity index is 963. The second-order valence-electron chi connectivity index (χ2n) is 7.22. The van der Waals surface area contributed by atoms with Gasteiger partial charge in [-0.1, -0.05) is 12.8 Å². The molecule has 3 aromatic rings. The Morgan fingerprint density at radius 2 is 1.93 bits per heavy atom. The van der Waals surface area contributed by atoms with Crippen LogP contribution in [-0.2, 0) is 0 Å². The number of anilines is 1. The predicted octanol–water partition coefficient (Wildman–Crippen LogP) is 3.76. The standard InChI is InChI=1S/C20H24N6O/c1-13-10-14(2)25(24-13)19-9-8-16(11-21-19)20(27)23-18-12-22-26(15(18)3)17-6-4-5-7-17/h8-12,17H,4-7H2,1-3H3,(H,23,27). The van der Waals surface area contributed by atoms with Crippen LogP contribution >= 0.6 is 0 Å². The molecule has 1 saturated carbocycles. The van der Waals surface area contributed by atoms with Crippen molar-refractivity contribution < 1.29 is 4.79 Å². The molecule has 3 heterocycles. The van der Waals surface area contributed by atoms with Crippen LogP contribution in [0.15, 0.2) is 30.6 Å². The number of hydrogen-bond donors (Lipinski definition) is 1. The fourth-order valence-corrected chi connectivity index (χ4v) is 3.76. The summed E-state index contributed by atoms with van der Waals surface area (Å²) in [6, 6.07) is 6.03. The molecule has 0 unspecified atom stereocenters. The molecule has 140 valence electrons. The first-order chi connectivity index (χ1) is 13.0. The van der Waals surface area contributed by atoms with Crippen molar-refractivity contribution in [1.29, 1.82) is 0 Å². The zero-order chi connectivity index (χ0) is 19.0. The minimum Gasteiger partial charge on any atom is -0.319 e. The number of amides is 1. The highest BCUT2D eigenvalue weighted by Gasteiger charge is 2.21. The molecule has 1 amide bonds. The minimum absolute atomic E-state index is 0.184. The van der Waals surface area contributed by atoms with Crippen LogP contribution in [0.2, 0.25) is 0 Å². The van der Waals surface area contributed by atoms with Crippen molar-refractivity contribution >= 4 is 11.6 Å². The molecule has 27 heavy (non-hydrogen) atoms. The summed E-state index contributed by atoms with van der Waals surface area (Å²) in [7, 11) is 0. The van der Waals surface area contributed by atoms with Crippen molar-refractivity contribution in [3.8, 4) is 5.82 Å². The normalized spacial score (nSPS) is 14.6. The molecular formula is C20H24N6O. The van der Waals surface area contributed by atoms with Crippen LogP contribution in [0.25, 0.3) is 5.82 Å². The third-order valence-corrected chi connectivity index (χ3v) is 5.20. The van der Waals surface area contributed by atoms with Crippen molar-refractivity contribution in [3.63, 3.8) is 0 Å². The van der Waals surface area contributed by atoms with E-state index in [0.717, 1.165) is 35.6 Å². The monoisotopic (exact) mass is 364 g/mol. The SMILES string of the molecule is Cc1cc(C)n(-c2ccc(C(=O)Nc3cnn(C4CCCC4)c3C)cn2)n1. The third kappa shape index (κ3) is 3.37. The summed E-state index contributed by atoms with van der Waals surface area (Å²) in [5.74, 6) is 0.513. The number of hydrogen-bond acceptors (Lipinski definition) is 4. The van der Waals surface area contributed by atoms with Gasteiger partial charge < -0.3 is 5.32 Å². The van der Waals surface area contributed by atoms with Gasteiger partial charge in [0.15, 0.2) is 5.82 Å². The van der Waals surface area contributed by atoms with Crippen molar-refractivity contribution in [2.75, 3.05) is 5.32 Å². The quantitative estimate of drug-likeness (QED) is 0.765. The van der Waals surface area contributed by atoms with Gasteiger partial charge in [0.25, 0.3) is 5.91 Å². The summed E-state index contributed by atoms with van der Waals surface area (Å²) in [5.41, 5.74) is 4.21. The summed E-state index contributed by atoms with van der Waals surface area (Å²) in [4.78, 5) is 17.0. The third-order valence-electron chi connectivity index (χ3n) is 5.20. The number of carbonyl (C=O) groups excluding carboxylic acids is 1. The lowest BCUT2D eigenvalue weighted by molar-refractivity contribution is 0.102. The smallest absolute Gasteiger partial charge is 0.257 e. The lowest BCUT2D eigenvalue weighted by Crippen LogP contribution is -2.14. The first kappa shape index (κ1) is 17.5. The maximum Gasteiger partial charge on any atom is 0.257 e. The maximum absolute atomic E-state index is 12.6. The van der Waals surface area contributed by atoms with Gasteiger partial charge in [-0.15, -0.1) is 0 Å². The zero-order valence-corrected chi connectivity index (χ0v) is 15.9. The molecule has 1 aliphatic rings. The number of aromatic nitrogens is 5. The van der Waals surface area contributed by atoms with Crippen LogP contribution in [0.4, 0.5) is 5.69 Å². The second kappa shape index (κ2) is 6.98. The molecule has 0 radical (unpaired) electrons. The fourth-order valence-electron chi connectivity index (χ4n) is 3.76. The number of pyridine rings is 1. The van der Waals surface area contributed by atoms with E-state index in [4.69, 9.17) is 0 Å². The average molecular weight is 364 g/mol. The molecule has 0 atom stereocenters. The van der Waals surface area contributed by atoms with Gasteiger partial charge in [0, 0.05) is 11.9 Å². The molecule has 0 spiro atoms. The van der Waals surface area contributed by atoms with E-state index in [0.29, 0.717) is 17.4 Å². The molecule has 3 aromatic heterocycles. The molecule has 7 nitrogen and oxygen atoms in total. The highest BCUT2D eigenvalue weighted by Crippen LogP contribution is 2.31. The molecule has 1 fully saturated rings. The van der Waals surface area contributed by atoms with Crippen LogP contribution in [-0.4, -0.2) is 30.5 Å². The van der Waals surface area contributed by atoms with E-state index in [2.05, 4.69) is 20.5 Å². The van der Waals surface area contributed by atoms with Gasteiger partial charge >= 0.3 is 0 Å². The first-order valence-electron chi connectivity index (χ1n) is 9.38. The van der Waals surface area contributed by atoms with Gasteiger partial charge in [-0.3, -0.25) is 9.48 Å². The van der Waals surface area contributed by atoms with Gasteiger partial charge in [-0.25, -0.2) is 9.67 Å². The predicted molar refractivity (Wildman–Crippen MR) is 103 cm³/mol. The molecule has 0 bridgehead atoms. The zero-order valence-electron chi connectivity index (χ0n) is 15.9. The van der Waals surface area contributed by atoms with Crippen LogP contribution in [0.3, 0.4) is 0 Å². The largest absolute Gasteiger partial charge is 0.319 e. The minimum atomic E-state index is -0.184. The number of nitrogens with one attached hydrogen (secondary N) is 1. The van der Waals surface area contributed by atoms with E-state index in [-0.39, 0.29) is 5.91 Å². The summed E-state index contributed by atoms with van der Waals surface area (Å²) in [6.07, 6.45) is 8.14. The van der Waals surface area contributed by atoms with Crippen LogP contribution in [0.5, 0.6) is 0 Å². The summed E-state index contributed by atoms with van der Waals surface area (Å²) in [5, 5.41) is 11.9. The Balaban J connectivity index is 1.49. The lowest BCUT2D eigenvalue weighted by atomic mass is 10.2. The van der Waals surface area contributed by atoms with Gasteiger partial charge in [0.05, 0.1) is 34.9 Å². The van der Waals surface area contributed by atoms with E-state index in [9.17, 15) is 4.79 Å².